The average Bonchev–Trinajstić information content (AvgIpc) is 2.58. The fourth-order valence-corrected chi connectivity index (χ4v) is 2.28. The Kier molecular flexibility index (Phi) is 4.26. The number of anilines is 1. The number of likely N-dealkylation sites (N-methyl/N-ethyl adjacent to an activating group) is 1. The minimum absolute atomic E-state index is 0.498. The third kappa shape index (κ3) is 2.91. The average molecular weight is 234 g/mol. The molecule has 1 atom stereocenters. The van der Waals surface area contributed by atoms with Gasteiger partial charge in [0, 0.05) is 19.1 Å². The molecule has 2 rings (SSSR count). The van der Waals surface area contributed by atoms with Crippen molar-refractivity contribution in [1.29, 1.82) is 0 Å². The maximum Gasteiger partial charge on any atom is 0.142 e. The minimum Gasteiger partial charge on any atom is -0.491 e. The Morgan fingerprint density at radius 2 is 2.24 bits per heavy atom. The van der Waals surface area contributed by atoms with E-state index in [4.69, 9.17) is 4.74 Å². The van der Waals surface area contributed by atoms with Crippen LogP contribution in [-0.4, -0.2) is 32.3 Å². The SMILES string of the molecule is CCNCC(C)N1CCCOc2ccccc21. The zero-order valence-corrected chi connectivity index (χ0v) is 10.8. The lowest BCUT2D eigenvalue weighted by Crippen LogP contribution is -2.40. The van der Waals surface area contributed by atoms with E-state index in [-0.39, 0.29) is 0 Å². The molecule has 0 saturated carbocycles. The van der Waals surface area contributed by atoms with Gasteiger partial charge in [-0.05, 0) is 32.0 Å². The molecule has 0 aromatic heterocycles. The molecule has 0 saturated heterocycles. The van der Waals surface area contributed by atoms with Gasteiger partial charge >= 0.3 is 0 Å². The first-order valence-corrected chi connectivity index (χ1v) is 6.52. The fourth-order valence-electron chi connectivity index (χ4n) is 2.28. The molecule has 0 spiro atoms. The highest BCUT2D eigenvalue weighted by atomic mass is 16.5. The summed E-state index contributed by atoms with van der Waals surface area (Å²) >= 11 is 0. The lowest BCUT2D eigenvalue weighted by Gasteiger charge is -2.30. The van der Waals surface area contributed by atoms with Crippen LogP contribution in [0, 0.1) is 0 Å². The summed E-state index contributed by atoms with van der Waals surface area (Å²) in [6.07, 6.45) is 1.09. The lowest BCUT2D eigenvalue weighted by molar-refractivity contribution is 0.322. The first-order chi connectivity index (χ1) is 8.33. The third-order valence-electron chi connectivity index (χ3n) is 3.20. The quantitative estimate of drug-likeness (QED) is 0.865. The predicted octanol–water partition coefficient (Wildman–Crippen LogP) is 2.27. The van der Waals surface area contributed by atoms with Gasteiger partial charge < -0.3 is 15.0 Å². The molecule has 3 nitrogen and oxygen atoms in total. The smallest absolute Gasteiger partial charge is 0.142 e. The number of nitrogens with one attached hydrogen (secondary N) is 1. The van der Waals surface area contributed by atoms with Crippen LogP contribution < -0.4 is 15.0 Å². The van der Waals surface area contributed by atoms with Gasteiger partial charge in [-0.25, -0.2) is 0 Å². The highest BCUT2D eigenvalue weighted by Gasteiger charge is 2.19. The second-order valence-corrected chi connectivity index (χ2v) is 4.52. The number of para-hydroxylation sites is 2. The highest BCUT2D eigenvalue weighted by molar-refractivity contribution is 5.59. The Morgan fingerprint density at radius 3 is 3.06 bits per heavy atom. The minimum atomic E-state index is 0.498. The van der Waals surface area contributed by atoms with Crippen molar-refractivity contribution in [3.8, 4) is 5.75 Å². The Balaban J connectivity index is 2.16. The van der Waals surface area contributed by atoms with Crippen LogP contribution >= 0.6 is 0 Å². The van der Waals surface area contributed by atoms with Gasteiger partial charge in [-0.1, -0.05) is 19.1 Å². The van der Waals surface area contributed by atoms with E-state index in [1.807, 2.05) is 6.07 Å². The Bertz CT molecular complexity index is 354. The molecular weight excluding hydrogens is 212 g/mol. The van der Waals surface area contributed by atoms with Crippen LogP contribution in [0.25, 0.3) is 0 Å². The van der Waals surface area contributed by atoms with E-state index in [1.54, 1.807) is 0 Å². The summed E-state index contributed by atoms with van der Waals surface area (Å²) in [7, 11) is 0. The van der Waals surface area contributed by atoms with E-state index in [9.17, 15) is 0 Å². The zero-order chi connectivity index (χ0) is 12.1. The van der Waals surface area contributed by atoms with E-state index in [1.165, 1.54) is 5.69 Å². The van der Waals surface area contributed by atoms with E-state index >= 15 is 0 Å². The van der Waals surface area contributed by atoms with Crippen molar-refractivity contribution in [3.05, 3.63) is 24.3 Å². The van der Waals surface area contributed by atoms with Crippen molar-refractivity contribution in [3.63, 3.8) is 0 Å². The van der Waals surface area contributed by atoms with Crippen molar-refractivity contribution in [2.75, 3.05) is 31.1 Å². The summed E-state index contributed by atoms with van der Waals surface area (Å²) in [5, 5.41) is 3.41. The van der Waals surface area contributed by atoms with E-state index in [0.29, 0.717) is 6.04 Å². The van der Waals surface area contributed by atoms with Crippen molar-refractivity contribution in [2.45, 2.75) is 26.3 Å². The first-order valence-electron chi connectivity index (χ1n) is 6.52. The number of fused-ring (bicyclic) bond motifs is 1. The van der Waals surface area contributed by atoms with Crippen LogP contribution in [-0.2, 0) is 0 Å². The largest absolute Gasteiger partial charge is 0.491 e. The molecule has 1 aliphatic rings. The third-order valence-corrected chi connectivity index (χ3v) is 3.20. The van der Waals surface area contributed by atoms with Crippen LogP contribution in [0.5, 0.6) is 5.75 Å². The molecule has 0 aliphatic carbocycles. The predicted molar refractivity (Wildman–Crippen MR) is 71.9 cm³/mol. The van der Waals surface area contributed by atoms with Crippen molar-refractivity contribution in [1.82, 2.24) is 5.32 Å². The topological polar surface area (TPSA) is 24.5 Å². The molecule has 1 N–H and O–H groups in total. The molecule has 94 valence electrons. The van der Waals surface area contributed by atoms with Crippen molar-refractivity contribution >= 4 is 5.69 Å². The number of rotatable bonds is 4. The molecule has 1 heterocycles. The molecule has 1 aromatic rings. The maximum absolute atomic E-state index is 5.77. The second kappa shape index (κ2) is 5.92. The molecule has 0 bridgehead atoms. The second-order valence-electron chi connectivity index (χ2n) is 4.52. The van der Waals surface area contributed by atoms with Gasteiger partial charge in [0.25, 0.3) is 0 Å². The standard InChI is InChI=1S/C14H22N2O/c1-3-15-11-12(2)16-9-6-10-17-14-8-5-4-7-13(14)16/h4-5,7-8,12,15H,3,6,9-11H2,1-2H3. The van der Waals surface area contributed by atoms with Crippen LogP contribution in [0.2, 0.25) is 0 Å². The molecule has 0 amide bonds. The van der Waals surface area contributed by atoms with Gasteiger partial charge in [-0.15, -0.1) is 0 Å². The van der Waals surface area contributed by atoms with Crippen molar-refractivity contribution in [2.24, 2.45) is 0 Å². The molecule has 0 radical (unpaired) electrons. The molecule has 0 fully saturated rings. The van der Waals surface area contributed by atoms with Crippen molar-refractivity contribution < 1.29 is 4.74 Å². The number of hydrogen-bond acceptors (Lipinski definition) is 3. The summed E-state index contributed by atoms with van der Waals surface area (Å²) in [5.41, 5.74) is 1.23. The maximum atomic E-state index is 5.77. The van der Waals surface area contributed by atoms with E-state index in [2.05, 4.69) is 42.3 Å². The number of benzene rings is 1. The summed E-state index contributed by atoms with van der Waals surface area (Å²) in [6, 6.07) is 8.84. The summed E-state index contributed by atoms with van der Waals surface area (Å²) in [6.45, 7) is 8.35. The Hall–Kier alpha value is -1.22. The molecule has 1 unspecified atom stereocenters. The van der Waals surface area contributed by atoms with Gasteiger partial charge in [0.05, 0.1) is 12.3 Å². The van der Waals surface area contributed by atoms with E-state index < -0.39 is 0 Å². The normalized spacial score (nSPS) is 16.9. The summed E-state index contributed by atoms with van der Waals surface area (Å²) in [4.78, 5) is 2.45. The number of nitrogens with zero attached hydrogens (tertiary/aromatic N) is 1. The highest BCUT2D eigenvalue weighted by Crippen LogP contribution is 2.31. The van der Waals surface area contributed by atoms with Gasteiger partial charge in [0.2, 0.25) is 0 Å². The van der Waals surface area contributed by atoms with Gasteiger partial charge in [-0.3, -0.25) is 0 Å². The number of ether oxygens (including phenoxy) is 1. The molecule has 3 heteroatoms. The van der Waals surface area contributed by atoms with Crippen LogP contribution in [0.15, 0.2) is 24.3 Å². The van der Waals surface area contributed by atoms with Gasteiger partial charge in [-0.2, -0.15) is 0 Å². The summed E-state index contributed by atoms with van der Waals surface area (Å²) in [5.74, 6) is 1.02. The monoisotopic (exact) mass is 234 g/mol. The van der Waals surface area contributed by atoms with Crippen LogP contribution in [0.4, 0.5) is 5.69 Å². The van der Waals surface area contributed by atoms with Gasteiger partial charge in [0.15, 0.2) is 0 Å². The molecule has 17 heavy (non-hydrogen) atoms. The lowest BCUT2D eigenvalue weighted by atomic mass is 10.2. The van der Waals surface area contributed by atoms with Crippen LogP contribution in [0.1, 0.15) is 20.3 Å². The Morgan fingerprint density at radius 1 is 1.41 bits per heavy atom. The van der Waals surface area contributed by atoms with E-state index in [0.717, 1.165) is 38.4 Å². The zero-order valence-electron chi connectivity index (χ0n) is 10.8. The fraction of sp³-hybridized carbons (Fsp3) is 0.571. The molecule has 1 aliphatic heterocycles. The molecule has 1 aromatic carbocycles. The molecular formula is C14H22N2O. The number of hydrogen-bond donors (Lipinski definition) is 1. The van der Waals surface area contributed by atoms with Gasteiger partial charge in [0.1, 0.15) is 5.75 Å². The first kappa shape index (κ1) is 12.2. The Labute approximate surface area is 104 Å². The summed E-state index contributed by atoms with van der Waals surface area (Å²) < 4.78 is 5.77. The van der Waals surface area contributed by atoms with Crippen LogP contribution in [0.3, 0.4) is 0 Å².